The SMILES string of the molecule is CCOc1ccc(OCC(=O)O[C@H](C(=O)N2CCOCC2)c2ccccc2)cc1. The second-order valence-electron chi connectivity index (χ2n) is 6.41. The zero-order chi connectivity index (χ0) is 20.5. The number of hydrogen-bond acceptors (Lipinski definition) is 6. The Labute approximate surface area is 170 Å². The van der Waals surface area contributed by atoms with E-state index in [2.05, 4.69) is 0 Å². The van der Waals surface area contributed by atoms with Crippen LogP contribution in [0.3, 0.4) is 0 Å². The summed E-state index contributed by atoms with van der Waals surface area (Å²) in [6.45, 7) is 4.08. The number of hydrogen-bond donors (Lipinski definition) is 0. The summed E-state index contributed by atoms with van der Waals surface area (Å²) >= 11 is 0. The average Bonchev–Trinajstić information content (AvgIpc) is 2.78. The summed E-state index contributed by atoms with van der Waals surface area (Å²) in [5.41, 5.74) is 0.624. The van der Waals surface area contributed by atoms with Gasteiger partial charge in [0.2, 0.25) is 6.10 Å². The molecule has 3 rings (SSSR count). The molecule has 0 radical (unpaired) electrons. The van der Waals surface area contributed by atoms with E-state index in [0.29, 0.717) is 44.2 Å². The van der Waals surface area contributed by atoms with Crippen LogP contribution < -0.4 is 9.47 Å². The van der Waals surface area contributed by atoms with Gasteiger partial charge in [0.15, 0.2) is 6.61 Å². The van der Waals surface area contributed by atoms with E-state index >= 15 is 0 Å². The van der Waals surface area contributed by atoms with Crippen LogP contribution in [-0.2, 0) is 19.1 Å². The Morgan fingerprint density at radius 1 is 0.966 bits per heavy atom. The molecule has 7 heteroatoms. The molecule has 1 aliphatic rings. The lowest BCUT2D eigenvalue weighted by Gasteiger charge is -2.30. The van der Waals surface area contributed by atoms with Gasteiger partial charge >= 0.3 is 5.97 Å². The lowest BCUT2D eigenvalue weighted by molar-refractivity contribution is -0.164. The van der Waals surface area contributed by atoms with E-state index in [-0.39, 0.29) is 12.5 Å². The lowest BCUT2D eigenvalue weighted by atomic mass is 10.1. The average molecular weight is 399 g/mol. The van der Waals surface area contributed by atoms with Crippen molar-refractivity contribution in [3.05, 3.63) is 60.2 Å². The van der Waals surface area contributed by atoms with Crippen molar-refractivity contribution in [2.75, 3.05) is 39.5 Å². The summed E-state index contributed by atoms with van der Waals surface area (Å²) in [5.74, 6) is 0.368. The van der Waals surface area contributed by atoms with Crippen molar-refractivity contribution in [2.24, 2.45) is 0 Å². The Morgan fingerprint density at radius 2 is 1.59 bits per heavy atom. The van der Waals surface area contributed by atoms with Gasteiger partial charge in [-0.3, -0.25) is 4.79 Å². The van der Waals surface area contributed by atoms with Crippen molar-refractivity contribution in [3.63, 3.8) is 0 Å². The van der Waals surface area contributed by atoms with Gasteiger partial charge in [0, 0.05) is 18.7 Å². The number of esters is 1. The first kappa shape index (κ1) is 20.7. The fourth-order valence-corrected chi connectivity index (χ4v) is 2.94. The number of carbonyl (C=O) groups excluding carboxylic acids is 2. The summed E-state index contributed by atoms with van der Waals surface area (Å²) in [7, 11) is 0. The zero-order valence-corrected chi connectivity index (χ0v) is 16.4. The van der Waals surface area contributed by atoms with Crippen molar-refractivity contribution < 1.29 is 28.5 Å². The van der Waals surface area contributed by atoms with Crippen molar-refractivity contribution in [1.82, 2.24) is 4.90 Å². The fourth-order valence-electron chi connectivity index (χ4n) is 2.94. The van der Waals surface area contributed by atoms with Crippen molar-refractivity contribution in [2.45, 2.75) is 13.0 Å². The van der Waals surface area contributed by atoms with Crippen LogP contribution in [0.15, 0.2) is 54.6 Å². The Bertz CT molecular complexity index is 787. The topological polar surface area (TPSA) is 74.3 Å². The van der Waals surface area contributed by atoms with Crippen LogP contribution in [0.1, 0.15) is 18.6 Å². The monoisotopic (exact) mass is 399 g/mol. The molecule has 0 bridgehead atoms. The first-order chi connectivity index (χ1) is 14.2. The van der Waals surface area contributed by atoms with E-state index in [4.69, 9.17) is 18.9 Å². The van der Waals surface area contributed by atoms with E-state index in [1.54, 1.807) is 53.4 Å². The lowest BCUT2D eigenvalue weighted by Crippen LogP contribution is -2.44. The Balaban J connectivity index is 1.62. The van der Waals surface area contributed by atoms with Crippen LogP contribution in [-0.4, -0.2) is 56.3 Å². The fraction of sp³-hybridized carbons (Fsp3) is 0.364. The van der Waals surface area contributed by atoms with Crippen LogP contribution >= 0.6 is 0 Å². The highest BCUT2D eigenvalue weighted by Gasteiger charge is 2.30. The third-order valence-corrected chi connectivity index (χ3v) is 4.39. The molecule has 0 aromatic heterocycles. The number of benzene rings is 2. The Morgan fingerprint density at radius 3 is 2.21 bits per heavy atom. The van der Waals surface area contributed by atoms with E-state index < -0.39 is 12.1 Å². The molecule has 0 aliphatic carbocycles. The third-order valence-electron chi connectivity index (χ3n) is 4.39. The van der Waals surface area contributed by atoms with E-state index in [1.165, 1.54) is 0 Å². The molecule has 1 atom stereocenters. The molecule has 1 amide bonds. The molecule has 2 aromatic rings. The van der Waals surface area contributed by atoms with Crippen LogP contribution in [0.25, 0.3) is 0 Å². The molecule has 29 heavy (non-hydrogen) atoms. The summed E-state index contributed by atoms with van der Waals surface area (Å²) < 4.78 is 21.7. The predicted octanol–water partition coefficient (Wildman–Crippen LogP) is 2.61. The number of ether oxygens (including phenoxy) is 4. The van der Waals surface area contributed by atoms with Gasteiger partial charge in [-0.1, -0.05) is 30.3 Å². The van der Waals surface area contributed by atoms with Gasteiger partial charge < -0.3 is 23.8 Å². The third kappa shape index (κ3) is 5.96. The van der Waals surface area contributed by atoms with Gasteiger partial charge in [0.25, 0.3) is 5.91 Å². The molecule has 1 heterocycles. The molecule has 1 fully saturated rings. The second-order valence-corrected chi connectivity index (χ2v) is 6.41. The predicted molar refractivity (Wildman–Crippen MR) is 106 cm³/mol. The van der Waals surface area contributed by atoms with E-state index in [9.17, 15) is 9.59 Å². The van der Waals surface area contributed by atoms with Gasteiger partial charge in [-0.15, -0.1) is 0 Å². The van der Waals surface area contributed by atoms with Crippen LogP contribution in [0.5, 0.6) is 11.5 Å². The highest BCUT2D eigenvalue weighted by molar-refractivity contribution is 5.85. The number of carbonyl (C=O) groups is 2. The normalized spacial score (nSPS) is 14.7. The number of amides is 1. The molecule has 0 saturated carbocycles. The van der Waals surface area contributed by atoms with Gasteiger partial charge in [0.05, 0.1) is 19.8 Å². The smallest absolute Gasteiger partial charge is 0.345 e. The van der Waals surface area contributed by atoms with Gasteiger partial charge in [-0.05, 0) is 31.2 Å². The maximum absolute atomic E-state index is 12.9. The largest absolute Gasteiger partial charge is 0.494 e. The van der Waals surface area contributed by atoms with Crippen LogP contribution in [0, 0.1) is 0 Å². The first-order valence-corrected chi connectivity index (χ1v) is 9.64. The molecule has 1 aliphatic heterocycles. The molecular formula is C22H25NO6. The quantitative estimate of drug-likeness (QED) is 0.636. The summed E-state index contributed by atoms with van der Waals surface area (Å²) in [6.07, 6.45) is -1.01. The number of nitrogens with zero attached hydrogens (tertiary/aromatic N) is 1. The molecule has 2 aromatic carbocycles. The minimum absolute atomic E-state index is 0.256. The number of morpholine rings is 1. The standard InChI is InChI=1S/C22H25NO6/c1-2-27-18-8-10-19(11-9-18)28-16-20(24)29-21(17-6-4-3-5-7-17)22(25)23-12-14-26-15-13-23/h3-11,21H,2,12-16H2,1H3/t21-/m0/s1. The molecule has 1 saturated heterocycles. The van der Waals surface area contributed by atoms with Gasteiger partial charge in [-0.25, -0.2) is 4.79 Å². The molecule has 7 nitrogen and oxygen atoms in total. The summed E-state index contributed by atoms with van der Waals surface area (Å²) in [5, 5.41) is 0. The molecule has 154 valence electrons. The Hall–Kier alpha value is -3.06. The maximum Gasteiger partial charge on any atom is 0.345 e. The minimum atomic E-state index is -1.01. The van der Waals surface area contributed by atoms with Crippen molar-refractivity contribution >= 4 is 11.9 Å². The first-order valence-electron chi connectivity index (χ1n) is 9.64. The highest BCUT2D eigenvalue weighted by atomic mass is 16.6. The van der Waals surface area contributed by atoms with E-state index in [0.717, 1.165) is 5.75 Å². The van der Waals surface area contributed by atoms with Crippen molar-refractivity contribution in [3.8, 4) is 11.5 Å². The maximum atomic E-state index is 12.9. The molecular weight excluding hydrogens is 374 g/mol. The van der Waals surface area contributed by atoms with Gasteiger partial charge in [-0.2, -0.15) is 0 Å². The number of rotatable bonds is 8. The summed E-state index contributed by atoms with van der Waals surface area (Å²) in [6, 6.07) is 15.9. The summed E-state index contributed by atoms with van der Waals surface area (Å²) in [4.78, 5) is 27.0. The second kappa shape index (κ2) is 10.5. The minimum Gasteiger partial charge on any atom is -0.494 e. The molecule has 0 N–H and O–H groups in total. The highest BCUT2D eigenvalue weighted by Crippen LogP contribution is 2.22. The Kier molecular flexibility index (Phi) is 7.47. The van der Waals surface area contributed by atoms with Gasteiger partial charge in [0.1, 0.15) is 11.5 Å². The van der Waals surface area contributed by atoms with E-state index in [1.807, 2.05) is 13.0 Å². The molecule has 0 spiro atoms. The zero-order valence-electron chi connectivity index (χ0n) is 16.4. The van der Waals surface area contributed by atoms with Crippen LogP contribution in [0.2, 0.25) is 0 Å². The van der Waals surface area contributed by atoms with Crippen molar-refractivity contribution in [1.29, 1.82) is 0 Å². The molecule has 0 unspecified atom stereocenters. The van der Waals surface area contributed by atoms with Crippen LogP contribution in [0.4, 0.5) is 0 Å².